The molecule has 0 unspecified atom stereocenters. The summed E-state index contributed by atoms with van der Waals surface area (Å²) in [7, 11) is 0. The molecule has 21 heavy (non-hydrogen) atoms. The van der Waals surface area contributed by atoms with Gasteiger partial charge >= 0.3 is 0 Å². The Bertz CT molecular complexity index is 686. The minimum Gasteiger partial charge on any atom is -0.310 e. The molecule has 0 atom stereocenters. The maximum absolute atomic E-state index is 14.2. The molecule has 0 radical (unpaired) electrons. The molecule has 0 amide bonds. The molecular formula is C16H13BrClF2N. The summed E-state index contributed by atoms with van der Waals surface area (Å²) in [5.41, 5.74) is 1.30. The lowest BCUT2D eigenvalue weighted by Crippen LogP contribution is -2.15. The number of hydrogen-bond donors (Lipinski definition) is 1. The predicted octanol–water partition coefficient (Wildman–Crippen LogP) is 5.30. The molecule has 0 aliphatic heterocycles. The quantitative estimate of drug-likeness (QED) is 0.718. The molecular weight excluding hydrogens is 360 g/mol. The first-order valence-electron chi connectivity index (χ1n) is 6.72. The fraction of sp³-hybridized carbons (Fsp3) is 0.250. The molecule has 3 rings (SSSR count). The van der Waals surface area contributed by atoms with Crippen LogP contribution in [0.1, 0.15) is 18.4 Å². The third kappa shape index (κ3) is 3.28. The lowest BCUT2D eigenvalue weighted by molar-refractivity contribution is 0.585. The van der Waals surface area contributed by atoms with Crippen molar-refractivity contribution in [1.82, 2.24) is 5.32 Å². The zero-order chi connectivity index (χ0) is 15.0. The molecule has 110 valence electrons. The summed E-state index contributed by atoms with van der Waals surface area (Å²) in [5.74, 6) is -1.18. The van der Waals surface area contributed by atoms with Crippen LogP contribution in [0.5, 0.6) is 0 Å². The molecule has 1 aliphatic rings. The predicted molar refractivity (Wildman–Crippen MR) is 84.4 cm³/mol. The Kier molecular flexibility index (Phi) is 4.29. The van der Waals surface area contributed by atoms with Crippen LogP contribution in [-0.4, -0.2) is 6.04 Å². The monoisotopic (exact) mass is 371 g/mol. The van der Waals surface area contributed by atoms with E-state index in [0.717, 1.165) is 5.56 Å². The third-order valence-corrected chi connectivity index (χ3v) is 4.52. The van der Waals surface area contributed by atoms with Crippen molar-refractivity contribution in [1.29, 1.82) is 0 Å². The summed E-state index contributed by atoms with van der Waals surface area (Å²) in [6.07, 6.45) is 2.35. The van der Waals surface area contributed by atoms with E-state index in [1.54, 1.807) is 18.2 Å². The van der Waals surface area contributed by atoms with Crippen molar-refractivity contribution >= 4 is 27.5 Å². The van der Waals surface area contributed by atoms with Crippen LogP contribution in [0.4, 0.5) is 8.78 Å². The second-order valence-corrected chi connectivity index (χ2v) is 6.44. The zero-order valence-electron chi connectivity index (χ0n) is 11.1. The van der Waals surface area contributed by atoms with Gasteiger partial charge in [-0.15, -0.1) is 0 Å². The van der Waals surface area contributed by atoms with Crippen molar-refractivity contribution in [3.63, 3.8) is 0 Å². The second-order valence-electron chi connectivity index (χ2n) is 5.18. The number of halogens is 4. The van der Waals surface area contributed by atoms with Gasteiger partial charge in [0.15, 0.2) is 0 Å². The molecule has 0 saturated heterocycles. The lowest BCUT2D eigenvalue weighted by atomic mass is 10.0. The maximum atomic E-state index is 14.2. The highest BCUT2D eigenvalue weighted by Crippen LogP contribution is 2.33. The summed E-state index contributed by atoms with van der Waals surface area (Å²) in [5, 5.41) is 3.95. The topological polar surface area (TPSA) is 12.0 Å². The number of hydrogen-bond acceptors (Lipinski definition) is 1. The largest absolute Gasteiger partial charge is 0.310 e. The smallest absolute Gasteiger partial charge is 0.148 e. The summed E-state index contributed by atoms with van der Waals surface area (Å²) in [6.45, 7) is 0.606. The molecule has 1 aliphatic carbocycles. The van der Waals surface area contributed by atoms with Crippen molar-refractivity contribution < 1.29 is 8.78 Å². The first-order chi connectivity index (χ1) is 10.1. The first-order valence-corrected chi connectivity index (χ1v) is 7.89. The Hall–Kier alpha value is -0.970. The van der Waals surface area contributed by atoms with Crippen LogP contribution in [0.25, 0.3) is 11.1 Å². The fourth-order valence-corrected chi connectivity index (χ4v) is 2.71. The molecule has 1 saturated carbocycles. The van der Waals surface area contributed by atoms with Crippen LogP contribution >= 0.6 is 27.5 Å². The molecule has 2 aromatic carbocycles. The van der Waals surface area contributed by atoms with E-state index in [9.17, 15) is 8.78 Å². The van der Waals surface area contributed by atoms with Crippen LogP contribution in [0.3, 0.4) is 0 Å². The van der Waals surface area contributed by atoms with Gasteiger partial charge in [-0.05, 0) is 64.2 Å². The molecule has 1 nitrogen and oxygen atoms in total. The SMILES string of the molecule is Fc1ccc(Br)c(F)c1-c1ccc(Cl)c(CNC2CC2)c1. The summed E-state index contributed by atoms with van der Waals surface area (Å²) in [6, 6.07) is 8.21. The highest BCUT2D eigenvalue weighted by Gasteiger charge is 2.21. The van der Waals surface area contributed by atoms with Crippen LogP contribution in [-0.2, 0) is 6.54 Å². The summed E-state index contributed by atoms with van der Waals surface area (Å²) >= 11 is 9.25. The Morgan fingerprint density at radius 2 is 1.95 bits per heavy atom. The Morgan fingerprint density at radius 1 is 1.19 bits per heavy atom. The minimum absolute atomic E-state index is 0.0336. The van der Waals surface area contributed by atoms with Gasteiger partial charge in [-0.2, -0.15) is 0 Å². The average molecular weight is 373 g/mol. The molecule has 0 bridgehead atoms. The molecule has 0 heterocycles. The highest BCUT2D eigenvalue weighted by molar-refractivity contribution is 9.10. The van der Waals surface area contributed by atoms with Gasteiger partial charge in [0.05, 0.1) is 10.0 Å². The van der Waals surface area contributed by atoms with E-state index in [1.165, 1.54) is 25.0 Å². The van der Waals surface area contributed by atoms with Crippen molar-refractivity contribution in [2.75, 3.05) is 0 Å². The first kappa shape index (κ1) is 14.9. The van der Waals surface area contributed by atoms with Gasteiger partial charge in [-0.3, -0.25) is 0 Å². The molecule has 5 heteroatoms. The van der Waals surface area contributed by atoms with Gasteiger partial charge in [0, 0.05) is 17.6 Å². The van der Waals surface area contributed by atoms with E-state index in [1.807, 2.05) is 0 Å². The minimum atomic E-state index is -0.599. The molecule has 0 spiro atoms. The van der Waals surface area contributed by atoms with Crippen molar-refractivity contribution in [3.05, 3.63) is 57.0 Å². The van der Waals surface area contributed by atoms with Gasteiger partial charge in [-0.25, -0.2) is 8.78 Å². The highest BCUT2D eigenvalue weighted by atomic mass is 79.9. The van der Waals surface area contributed by atoms with Crippen molar-refractivity contribution in [3.8, 4) is 11.1 Å². The average Bonchev–Trinajstić information content (AvgIpc) is 3.28. The van der Waals surface area contributed by atoms with Gasteiger partial charge < -0.3 is 5.32 Å². The van der Waals surface area contributed by atoms with E-state index < -0.39 is 11.6 Å². The Morgan fingerprint density at radius 3 is 2.67 bits per heavy atom. The molecule has 1 fully saturated rings. The van der Waals surface area contributed by atoms with Crippen molar-refractivity contribution in [2.45, 2.75) is 25.4 Å². The lowest BCUT2D eigenvalue weighted by Gasteiger charge is -2.11. The van der Waals surface area contributed by atoms with E-state index in [-0.39, 0.29) is 10.0 Å². The van der Waals surface area contributed by atoms with E-state index in [0.29, 0.717) is 23.2 Å². The standard InChI is InChI=1S/C16H13BrClF2N/c17-12-4-6-14(19)15(16(12)20)9-1-5-13(18)10(7-9)8-21-11-2-3-11/h1,4-7,11,21H,2-3,8H2. The Labute approximate surface area is 135 Å². The fourth-order valence-electron chi connectivity index (χ4n) is 2.20. The molecule has 0 aromatic heterocycles. The molecule has 1 N–H and O–H groups in total. The summed E-state index contributed by atoms with van der Waals surface area (Å²) in [4.78, 5) is 0. The third-order valence-electron chi connectivity index (χ3n) is 3.54. The Balaban J connectivity index is 1.98. The van der Waals surface area contributed by atoms with Crippen molar-refractivity contribution in [2.24, 2.45) is 0 Å². The van der Waals surface area contributed by atoms with Gasteiger partial charge in [0.2, 0.25) is 0 Å². The maximum Gasteiger partial charge on any atom is 0.148 e. The second kappa shape index (κ2) is 6.03. The number of rotatable bonds is 4. The van der Waals surface area contributed by atoms with Crippen LogP contribution < -0.4 is 5.32 Å². The van der Waals surface area contributed by atoms with Gasteiger partial charge in [-0.1, -0.05) is 17.7 Å². The summed E-state index contributed by atoms with van der Waals surface area (Å²) < 4.78 is 28.4. The van der Waals surface area contributed by atoms with Crippen LogP contribution in [0.2, 0.25) is 5.02 Å². The van der Waals surface area contributed by atoms with E-state index >= 15 is 0 Å². The molecule has 2 aromatic rings. The zero-order valence-corrected chi connectivity index (χ0v) is 13.4. The number of benzene rings is 2. The van der Waals surface area contributed by atoms with E-state index in [2.05, 4.69) is 21.2 Å². The van der Waals surface area contributed by atoms with Crippen LogP contribution in [0.15, 0.2) is 34.8 Å². The van der Waals surface area contributed by atoms with Gasteiger partial charge in [0.25, 0.3) is 0 Å². The van der Waals surface area contributed by atoms with Crippen LogP contribution in [0, 0.1) is 11.6 Å². The normalized spacial score (nSPS) is 14.5. The van der Waals surface area contributed by atoms with Gasteiger partial charge in [0.1, 0.15) is 11.6 Å². The number of nitrogens with one attached hydrogen (secondary N) is 1. The van der Waals surface area contributed by atoms with E-state index in [4.69, 9.17) is 11.6 Å².